The Bertz CT molecular complexity index is 629. The number of carbonyl (C=O) groups excluding carboxylic acids is 3. The summed E-state index contributed by atoms with van der Waals surface area (Å²) in [6.07, 6.45) is 0.325. The fourth-order valence-electron chi connectivity index (χ4n) is 2.60. The summed E-state index contributed by atoms with van der Waals surface area (Å²) in [5.74, 6) is -0.959. The minimum atomic E-state index is -0.755. The zero-order valence-electron chi connectivity index (χ0n) is 11.3. The van der Waals surface area contributed by atoms with Crippen molar-refractivity contribution in [3.05, 3.63) is 29.3 Å². The lowest BCUT2D eigenvalue weighted by Crippen LogP contribution is -2.54. The standard InChI is InChI=1S/C14H15N3O4/c15-13(19)11-7-21-4-3-17(11)14(20)9-2-1-8-6-12(18)16-10(8)5-9/h1-2,5,11H,3-4,6-7H2,(H2,15,19)(H,16,18). The number of rotatable bonds is 2. The van der Waals surface area contributed by atoms with Gasteiger partial charge in [-0.15, -0.1) is 0 Å². The van der Waals surface area contributed by atoms with E-state index in [0.717, 1.165) is 5.56 Å². The average Bonchev–Trinajstić information content (AvgIpc) is 2.85. The highest BCUT2D eigenvalue weighted by molar-refractivity contribution is 6.03. The van der Waals surface area contributed by atoms with Crippen LogP contribution in [0.4, 0.5) is 5.69 Å². The summed E-state index contributed by atoms with van der Waals surface area (Å²) in [5, 5.41) is 2.70. The molecule has 7 heteroatoms. The van der Waals surface area contributed by atoms with Crippen LogP contribution >= 0.6 is 0 Å². The number of hydrogen-bond donors (Lipinski definition) is 2. The molecule has 2 aliphatic heterocycles. The van der Waals surface area contributed by atoms with Crippen LogP contribution < -0.4 is 11.1 Å². The molecule has 1 aromatic carbocycles. The Morgan fingerprint density at radius 3 is 2.95 bits per heavy atom. The largest absolute Gasteiger partial charge is 0.377 e. The molecule has 110 valence electrons. The smallest absolute Gasteiger partial charge is 0.254 e. The first kappa shape index (κ1) is 13.6. The highest BCUT2D eigenvalue weighted by Crippen LogP contribution is 2.25. The summed E-state index contributed by atoms with van der Waals surface area (Å²) in [6.45, 7) is 0.801. The number of benzene rings is 1. The Hall–Kier alpha value is -2.41. The lowest BCUT2D eigenvalue weighted by molar-refractivity contribution is -0.127. The van der Waals surface area contributed by atoms with Gasteiger partial charge in [-0.3, -0.25) is 14.4 Å². The van der Waals surface area contributed by atoms with Gasteiger partial charge in [0.05, 0.1) is 19.6 Å². The van der Waals surface area contributed by atoms with Crippen LogP contribution in [-0.2, 0) is 20.7 Å². The van der Waals surface area contributed by atoms with E-state index in [1.807, 2.05) is 0 Å². The molecular formula is C14H15N3O4. The number of anilines is 1. The SMILES string of the molecule is NC(=O)C1COCCN1C(=O)c1ccc2c(c1)NC(=O)C2. The summed E-state index contributed by atoms with van der Waals surface area (Å²) in [5.41, 5.74) is 7.25. The van der Waals surface area contributed by atoms with Gasteiger partial charge in [-0.2, -0.15) is 0 Å². The molecule has 3 N–H and O–H groups in total. The number of fused-ring (bicyclic) bond motifs is 1. The Morgan fingerprint density at radius 2 is 2.19 bits per heavy atom. The maximum atomic E-state index is 12.5. The van der Waals surface area contributed by atoms with Crippen molar-refractivity contribution in [1.29, 1.82) is 0 Å². The van der Waals surface area contributed by atoms with Crippen LogP contribution in [-0.4, -0.2) is 48.4 Å². The van der Waals surface area contributed by atoms with E-state index in [1.165, 1.54) is 4.90 Å². The van der Waals surface area contributed by atoms with E-state index in [9.17, 15) is 14.4 Å². The Labute approximate surface area is 121 Å². The topological polar surface area (TPSA) is 102 Å². The van der Waals surface area contributed by atoms with E-state index in [1.54, 1.807) is 18.2 Å². The second kappa shape index (κ2) is 5.17. The summed E-state index contributed by atoms with van der Waals surface area (Å²) < 4.78 is 5.20. The van der Waals surface area contributed by atoms with E-state index in [-0.39, 0.29) is 18.4 Å². The lowest BCUT2D eigenvalue weighted by Gasteiger charge is -2.33. The second-order valence-electron chi connectivity index (χ2n) is 5.09. The van der Waals surface area contributed by atoms with Gasteiger partial charge in [0.15, 0.2) is 0 Å². The molecule has 1 saturated heterocycles. The molecule has 2 heterocycles. The van der Waals surface area contributed by atoms with Crippen molar-refractivity contribution in [3.63, 3.8) is 0 Å². The molecule has 1 aromatic rings. The predicted octanol–water partition coefficient (Wildman–Crippen LogP) is -0.492. The van der Waals surface area contributed by atoms with E-state index in [2.05, 4.69) is 5.32 Å². The van der Waals surface area contributed by atoms with Crippen molar-refractivity contribution in [2.75, 3.05) is 25.1 Å². The average molecular weight is 289 g/mol. The van der Waals surface area contributed by atoms with Gasteiger partial charge in [-0.25, -0.2) is 0 Å². The summed E-state index contributed by atoms with van der Waals surface area (Å²) in [6, 6.07) is 4.29. The van der Waals surface area contributed by atoms with Crippen molar-refractivity contribution in [1.82, 2.24) is 4.90 Å². The maximum Gasteiger partial charge on any atom is 0.254 e. The minimum absolute atomic E-state index is 0.0871. The predicted molar refractivity (Wildman–Crippen MR) is 73.6 cm³/mol. The van der Waals surface area contributed by atoms with Gasteiger partial charge in [0.1, 0.15) is 6.04 Å². The third-order valence-electron chi connectivity index (χ3n) is 3.70. The summed E-state index contributed by atoms with van der Waals surface area (Å²) in [4.78, 5) is 36.7. The number of ether oxygens (including phenoxy) is 1. The molecule has 1 fully saturated rings. The Balaban J connectivity index is 1.86. The number of nitrogens with two attached hydrogens (primary N) is 1. The number of nitrogens with one attached hydrogen (secondary N) is 1. The maximum absolute atomic E-state index is 12.5. The van der Waals surface area contributed by atoms with Crippen molar-refractivity contribution in [2.24, 2.45) is 5.73 Å². The number of hydrogen-bond acceptors (Lipinski definition) is 4. The molecule has 0 aromatic heterocycles. The molecule has 2 aliphatic rings. The monoisotopic (exact) mass is 289 g/mol. The molecule has 1 unspecified atom stereocenters. The van der Waals surface area contributed by atoms with E-state index >= 15 is 0 Å². The van der Waals surface area contributed by atoms with Crippen molar-refractivity contribution in [2.45, 2.75) is 12.5 Å². The molecule has 0 saturated carbocycles. The van der Waals surface area contributed by atoms with Gasteiger partial charge < -0.3 is 20.7 Å². The zero-order chi connectivity index (χ0) is 15.0. The molecule has 0 spiro atoms. The van der Waals surface area contributed by atoms with E-state index < -0.39 is 11.9 Å². The van der Waals surface area contributed by atoms with Crippen LogP contribution in [0.25, 0.3) is 0 Å². The van der Waals surface area contributed by atoms with Gasteiger partial charge in [0.25, 0.3) is 5.91 Å². The number of primary amides is 1. The number of morpholine rings is 1. The lowest BCUT2D eigenvalue weighted by atomic mass is 10.1. The normalized spacial score (nSPS) is 20.9. The number of carbonyl (C=O) groups is 3. The van der Waals surface area contributed by atoms with Crippen LogP contribution in [0.1, 0.15) is 15.9 Å². The van der Waals surface area contributed by atoms with Gasteiger partial charge in [0, 0.05) is 17.8 Å². The van der Waals surface area contributed by atoms with Crippen molar-refractivity contribution >= 4 is 23.4 Å². The molecule has 0 radical (unpaired) electrons. The first-order valence-corrected chi connectivity index (χ1v) is 6.67. The van der Waals surface area contributed by atoms with Gasteiger partial charge in [0.2, 0.25) is 11.8 Å². The molecular weight excluding hydrogens is 274 g/mol. The summed E-state index contributed by atoms with van der Waals surface area (Å²) in [7, 11) is 0. The van der Waals surface area contributed by atoms with Crippen molar-refractivity contribution in [3.8, 4) is 0 Å². The van der Waals surface area contributed by atoms with Crippen LogP contribution in [0.2, 0.25) is 0 Å². The summed E-state index contributed by atoms with van der Waals surface area (Å²) >= 11 is 0. The quantitative estimate of drug-likeness (QED) is 0.766. The fourth-order valence-corrected chi connectivity index (χ4v) is 2.60. The molecule has 3 rings (SSSR count). The third-order valence-corrected chi connectivity index (χ3v) is 3.70. The molecule has 1 atom stereocenters. The van der Waals surface area contributed by atoms with Crippen LogP contribution in [0.3, 0.4) is 0 Å². The Morgan fingerprint density at radius 1 is 1.38 bits per heavy atom. The molecule has 21 heavy (non-hydrogen) atoms. The second-order valence-corrected chi connectivity index (χ2v) is 5.09. The van der Waals surface area contributed by atoms with Crippen LogP contribution in [0, 0.1) is 0 Å². The molecule has 7 nitrogen and oxygen atoms in total. The van der Waals surface area contributed by atoms with Crippen molar-refractivity contribution < 1.29 is 19.1 Å². The van der Waals surface area contributed by atoms with E-state index in [4.69, 9.17) is 10.5 Å². The number of amides is 3. The van der Waals surface area contributed by atoms with Gasteiger partial charge in [-0.1, -0.05) is 6.07 Å². The minimum Gasteiger partial charge on any atom is -0.377 e. The van der Waals surface area contributed by atoms with Gasteiger partial charge in [-0.05, 0) is 17.7 Å². The first-order valence-electron chi connectivity index (χ1n) is 6.67. The fraction of sp³-hybridized carbons (Fsp3) is 0.357. The van der Waals surface area contributed by atoms with Gasteiger partial charge >= 0.3 is 0 Å². The number of nitrogens with zero attached hydrogens (tertiary/aromatic N) is 1. The van der Waals surface area contributed by atoms with E-state index in [0.29, 0.717) is 30.8 Å². The zero-order valence-corrected chi connectivity index (χ0v) is 11.3. The van der Waals surface area contributed by atoms with Crippen LogP contribution in [0.15, 0.2) is 18.2 Å². The highest BCUT2D eigenvalue weighted by Gasteiger charge is 2.32. The Kier molecular flexibility index (Phi) is 3.34. The van der Waals surface area contributed by atoms with Crippen LogP contribution in [0.5, 0.6) is 0 Å². The highest BCUT2D eigenvalue weighted by atomic mass is 16.5. The molecule has 0 aliphatic carbocycles. The first-order chi connectivity index (χ1) is 10.1. The third kappa shape index (κ3) is 2.47. The molecule has 3 amide bonds. The molecule has 0 bridgehead atoms.